The number of nitrogens with zero attached hydrogens (tertiary/aromatic N) is 3. The second kappa shape index (κ2) is 10.7. The van der Waals surface area contributed by atoms with Gasteiger partial charge >= 0.3 is 0 Å². The van der Waals surface area contributed by atoms with Gasteiger partial charge in [-0.1, -0.05) is 53.5 Å². The van der Waals surface area contributed by atoms with Crippen LogP contribution in [0, 0.1) is 6.92 Å². The van der Waals surface area contributed by atoms with Crippen LogP contribution < -0.4 is 10.6 Å². The second-order valence-corrected chi connectivity index (χ2v) is 8.83. The summed E-state index contributed by atoms with van der Waals surface area (Å²) in [5.41, 5.74) is 2.43. The van der Waals surface area contributed by atoms with Crippen LogP contribution in [0.3, 0.4) is 0 Å². The van der Waals surface area contributed by atoms with E-state index >= 15 is 0 Å². The summed E-state index contributed by atoms with van der Waals surface area (Å²) in [5, 5.41) is 10.6. The summed E-state index contributed by atoms with van der Waals surface area (Å²) in [6.07, 6.45) is 1.55. The van der Waals surface area contributed by atoms with E-state index in [0.717, 1.165) is 5.56 Å². The Morgan fingerprint density at radius 2 is 1.72 bits per heavy atom. The third kappa shape index (κ3) is 5.45. The van der Waals surface area contributed by atoms with Gasteiger partial charge in [0.05, 0.1) is 28.5 Å². The molecule has 2 heterocycles. The van der Waals surface area contributed by atoms with Crippen molar-refractivity contribution in [2.45, 2.75) is 13.8 Å². The number of nitrogens with one attached hydrogen (secondary N) is 2. The van der Waals surface area contributed by atoms with E-state index in [-0.39, 0.29) is 35.1 Å². The average molecular weight is 522 g/mol. The van der Waals surface area contributed by atoms with Gasteiger partial charge in [-0.3, -0.25) is 14.4 Å². The standard InChI is InChI=1S/C26H21Cl2N5O3/c1-15-11-18(27)12-19(25(35)30-14-16(2)34)23(15)31-26(36)22-13-21(17-7-4-3-5-8-17)32-33(22)24-20(28)9-6-10-29-24/h3-13H,14H2,1-2H3,(H,30,35)(H,31,36). The number of amides is 2. The summed E-state index contributed by atoms with van der Waals surface area (Å²) in [7, 11) is 0. The maximum absolute atomic E-state index is 13.6. The predicted molar refractivity (Wildman–Crippen MR) is 139 cm³/mol. The number of carbonyl (C=O) groups is 3. The van der Waals surface area contributed by atoms with Crippen molar-refractivity contribution in [1.82, 2.24) is 20.1 Å². The Bertz CT molecular complexity index is 1470. The Morgan fingerprint density at radius 3 is 2.42 bits per heavy atom. The number of pyridine rings is 1. The molecule has 10 heteroatoms. The Labute approximate surface area is 217 Å². The first-order valence-corrected chi connectivity index (χ1v) is 11.7. The highest BCUT2D eigenvalue weighted by atomic mass is 35.5. The number of ketones is 1. The third-order valence-corrected chi connectivity index (χ3v) is 5.75. The fourth-order valence-electron chi connectivity index (χ4n) is 3.55. The average Bonchev–Trinajstić information content (AvgIpc) is 3.30. The Hall–Kier alpha value is -4.01. The number of benzene rings is 2. The topological polar surface area (TPSA) is 106 Å². The van der Waals surface area contributed by atoms with Crippen LogP contribution in [0.15, 0.2) is 66.9 Å². The fourth-order valence-corrected chi connectivity index (χ4v) is 4.03. The second-order valence-electron chi connectivity index (χ2n) is 7.99. The molecule has 0 saturated heterocycles. The van der Waals surface area contributed by atoms with Gasteiger partial charge in [0, 0.05) is 16.8 Å². The number of anilines is 1. The molecule has 4 aromatic rings. The van der Waals surface area contributed by atoms with Gasteiger partial charge in [-0.05, 0) is 49.7 Å². The lowest BCUT2D eigenvalue weighted by Crippen LogP contribution is -2.30. The molecule has 8 nitrogen and oxygen atoms in total. The van der Waals surface area contributed by atoms with Crippen LogP contribution in [0.4, 0.5) is 5.69 Å². The molecule has 0 spiro atoms. The summed E-state index contributed by atoms with van der Waals surface area (Å²) >= 11 is 12.6. The van der Waals surface area contributed by atoms with Crippen LogP contribution in [-0.2, 0) is 4.79 Å². The number of aromatic nitrogens is 3. The molecule has 0 unspecified atom stereocenters. The molecule has 2 amide bonds. The van der Waals surface area contributed by atoms with Crippen molar-refractivity contribution in [1.29, 1.82) is 0 Å². The highest BCUT2D eigenvalue weighted by Crippen LogP contribution is 2.28. The van der Waals surface area contributed by atoms with Crippen LogP contribution in [0.25, 0.3) is 17.1 Å². The van der Waals surface area contributed by atoms with Crippen molar-refractivity contribution in [2.75, 3.05) is 11.9 Å². The highest BCUT2D eigenvalue weighted by Gasteiger charge is 2.23. The van der Waals surface area contributed by atoms with Gasteiger partial charge in [-0.15, -0.1) is 0 Å². The zero-order valence-corrected chi connectivity index (χ0v) is 20.9. The van der Waals surface area contributed by atoms with E-state index in [1.54, 1.807) is 37.4 Å². The van der Waals surface area contributed by atoms with Crippen LogP contribution in [0.2, 0.25) is 10.0 Å². The van der Waals surface area contributed by atoms with E-state index in [9.17, 15) is 14.4 Å². The van der Waals surface area contributed by atoms with E-state index in [4.69, 9.17) is 23.2 Å². The van der Waals surface area contributed by atoms with Gasteiger partial charge in [0.1, 0.15) is 11.5 Å². The normalized spacial score (nSPS) is 10.7. The first kappa shape index (κ1) is 25.1. The lowest BCUT2D eigenvalue weighted by atomic mass is 10.1. The minimum Gasteiger partial charge on any atom is -0.345 e. The number of halogens is 2. The summed E-state index contributed by atoms with van der Waals surface area (Å²) in [4.78, 5) is 42.0. The van der Waals surface area contributed by atoms with Gasteiger partial charge in [-0.25, -0.2) is 9.67 Å². The molecule has 0 saturated carbocycles. The summed E-state index contributed by atoms with van der Waals surface area (Å²) in [6, 6.07) is 17.4. The van der Waals surface area contributed by atoms with E-state index in [1.807, 2.05) is 30.3 Å². The molecule has 0 aliphatic carbocycles. The fraction of sp³-hybridized carbons (Fsp3) is 0.115. The minimum atomic E-state index is -0.544. The SMILES string of the molecule is CC(=O)CNC(=O)c1cc(Cl)cc(C)c1NC(=O)c1cc(-c2ccccc2)nn1-c1ncccc1Cl. The molecular weight excluding hydrogens is 501 g/mol. The lowest BCUT2D eigenvalue weighted by Gasteiger charge is -2.15. The van der Waals surface area contributed by atoms with Gasteiger partial charge in [0.2, 0.25) is 0 Å². The third-order valence-electron chi connectivity index (χ3n) is 5.23. The largest absolute Gasteiger partial charge is 0.345 e. The number of hydrogen-bond acceptors (Lipinski definition) is 5. The van der Waals surface area contributed by atoms with Crippen molar-refractivity contribution in [3.63, 3.8) is 0 Å². The van der Waals surface area contributed by atoms with E-state index in [2.05, 4.69) is 20.7 Å². The Balaban J connectivity index is 1.77. The van der Waals surface area contributed by atoms with E-state index in [0.29, 0.717) is 21.3 Å². The zero-order valence-electron chi connectivity index (χ0n) is 19.4. The maximum Gasteiger partial charge on any atom is 0.274 e. The maximum atomic E-state index is 13.6. The highest BCUT2D eigenvalue weighted by molar-refractivity contribution is 6.32. The monoisotopic (exact) mass is 521 g/mol. The lowest BCUT2D eigenvalue weighted by molar-refractivity contribution is -0.116. The first-order valence-electron chi connectivity index (χ1n) is 10.9. The molecular formula is C26H21Cl2N5O3. The van der Waals surface area contributed by atoms with Gasteiger partial charge in [0.25, 0.3) is 11.8 Å². The minimum absolute atomic E-state index is 0.125. The molecule has 0 fully saturated rings. The predicted octanol–water partition coefficient (Wildman–Crippen LogP) is 5.12. The molecule has 0 radical (unpaired) electrons. The molecule has 0 atom stereocenters. The molecule has 2 aromatic carbocycles. The van der Waals surface area contributed by atoms with E-state index < -0.39 is 11.8 Å². The van der Waals surface area contributed by atoms with Gasteiger partial charge in [0.15, 0.2) is 5.82 Å². The summed E-state index contributed by atoms with van der Waals surface area (Å²) < 4.78 is 1.36. The van der Waals surface area contributed by atoms with Crippen LogP contribution in [0.5, 0.6) is 0 Å². The van der Waals surface area contributed by atoms with Crippen molar-refractivity contribution < 1.29 is 14.4 Å². The van der Waals surface area contributed by atoms with E-state index in [1.165, 1.54) is 17.7 Å². The molecule has 0 aliphatic rings. The number of aryl methyl sites for hydroxylation is 1. The summed E-state index contributed by atoms with van der Waals surface area (Å²) in [5.74, 6) is -1.02. The van der Waals surface area contributed by atoms with Crippen LogP contribution in [0.1, 0.15) is 33.3 Å². The number of rotatable bonds is 7. The summed E-state index contributed by atoms with van der Waals surface area (Å²) in [6.45, 7) is 2.93. The van der Waals surface area contributed by atoms with Crippen molar-refractivity contribution in [3.05, 3.63) is 93.7 Å². The molecule has 0 aliphatic heterocycles. The van der Waals surface area contributed by atoms with Gasteiger partial charge < -0.3 is 10.6 Å². The van der Waals surface area contributed by atoms with Crippen molar-refractivity contribution in [3.8, 4) is 17.1 Å². The quantitative estimate of drug-likeness (QED) is 0.351. The molecule has 0 bridgehead atoms. The molecule has 2 aromatic heterocycles. The van der Waals surface area contributed by atoms with Crippen molar-refractivity contribution in [2.24, 2.45) is 0 Å². The molecule has 2 N–H and O–H groups in total. The van der Waals surface area contributed by atoms with Crippen LogP contribution >= 0.6 is 23.2 Å². The van der Waals surface area contributed by atoms with Crippen molar-refractivity contribution >= 4 is 46.5 Å². The molecule has 4 rings (SSSR count). The zero-order chi connectivity index (χ0) is 25.8. The number of hydrogen-bond donors (Lipinski definition) is 2. The number of carbonyl (C=O) groups excluding carboxylic acids is 3. The molecule has 182 valence electrons. The number of Topliss-reactive ketones (excluding diaryl/α,β-unsaturated/α-hetero) is 1. The Morgan fingerprint density at radius 1 is 0.972 bits per heavy atom. The smallest absolute Gasteiger partial charge is 0.274 e. The Kier molecular flexibility index (Phi) is 7.47. The van der Waals surface area contributed by atoms with Crippen LogP contribution in [-0.4, -0.2) is 38.9 Å². The van der Waals surface area contributed by atoms with Gasteiger partial charge in [-0.2, -0.15) is 5.10 Å². The molecule has 36 heavy (non-hydrogen) atoms. The first-order chi connectivity index (χ1) is 17.2.